The van der Waals surface area contributed by atoms with E-state index < -0.39 is 10.4 Å². The molecule has 6 heteroatoms. The van der Waals surface area contributed by atoms with Gasteiger partial charge in [-0.25, -0.2) is 0 Å². The summed E-state index contributed by atoms with van der Waals surface area (Å²) in [5.41, 5.74) is 0. The van der Waals surface area contributed by atoms with Crippen molar-refractivity contribution >= 4 is 10.4 Å². The first kappa shape index (κ1) is 24.1. The van der Waals surface area contributed by atoms with Crippen LogP contribution in [0, 0.1) is 13.8 Å². The molecule has 0 unspecified atom stereocenters. The van der Waals surface area contributed by atoms with Crippen molar-refractivity contribution < 1.29 is 43.7 Å². The van der Waals surface area contributed by atoms with E-state index in [1.54, 1.807) is 0 Å². The molecule has 0 bridgehead atoms. The smallest absolute Gasteiger partial charge is 0.343 e. The Bertz CT molecular complexity index is 141. The predicted molar refractivity (Wildman–Crippen MR) is 54.7 cm³/mol. The Balaban J connectivity index is -0.0000000522. The van der Waals surface area contributed by atoms with Gasteiger partial charge in [0.1, 0.15) is 0 Å². The molecule has 4 nitrogen and oxygen atoms in total. The van der Waals surface area contributed by atoms with E-state index in [4.69, 9.17) is 17.5 Å². The average Bonchev–Trinajstić information content (AvgIpc) is 2.01. The fraction of sp³-hybridized carbons (Fsp3) is 0.750. The number of hydrogen-bond donors (Lipinski definition) is 2. The minimum Gasteiger partial charge on any atom is -0.343 e. The molecule has 0 saturated heterocycles. The SMILES string of the molecule is O=S(=O)(O)O.[CH2-]CCC.[CH2-]CCC.[Zr+2]. The van der Waals surface area contributed by atoms with Crippen molar-refractivity contribution in [2.45, 2.75) is 39.5 Å². The van der Waals surface area contributed by atoms with Gasteiger partial charge in [0, 0.05) is 0 Å². The Morgan fingerprint density at radius 2 is 1.07 bits per heavy atom. The summed E-state index contributed by atoms with van der Waals surface area (Å²) in [6.07, 6.45) is 4.56. The van der Waals surface area contributed by atoms with E-state index in [0.717, 1.165) is 12.8 Å². The average molecular weight is 304 g/mol. The molecule has 0 spiro atoms. The predicted octanol–water partition coefficient (Wildman–Crippen LogP) is 2.59. The summed E-state index contributed by atoms with van der Waals surface area (Å²) in [6, 6.07) is 0. The number of hydrogen-bond acceptors (Lipinski definition) is 2. The maximum absolute atomic E-state index is 8.74. The van der Waals surface area contributed by atoms with Gasteiger partial charge in [-0.2, -0.15) is 21.3 Å². The van der Waals surface area contributed by atoms with Gasteiger partial charge in [0.05, 0.1) is 0 Å². The normalized spacial score (nSPS) is 8.43. The first-order valence-electron chi connectivity index (χ1n) is 4.11. The molecule has 0 rings (SSSR count). The molecule has 0 aromatic rings. The van der Waals surface area contributed by atoms with Crippen LogP contribution in [0.15, 0.2) is 0 Å². The Hall–Kier alpha value is 0.753. The maximum Gasteiger partial charge on any atom is 2.00 e. The van der Waals surface area contributed by atoms with Gasteiger partial charge in [0.15, 0.2) is 0 Å². The molecular weight excluding hydrogens is 283 g/mol. The summed E-state index contributed by atoms with van der Waals surface area (Å²) in [4.78, 5) is 0. The van der Waals surface area contributed by atoms with Crippen molar-refractivity contribution in [3.63, 3.8) is 0 Å². The second-order valence-electron chi connectivity index (χ2n) is 2.15. The standard InChI is InChI=1S/2C4H9.H2O4S.Zr/c2*1-3-4-2;1-5(2,3)4;/h2*1,3-4H2,2H3;(H2,1,2,3,4);/q2*-1;;+2. The maximum atomic E-state index is 8.74. The quantitative estimate of drug-likeness (QED) is 0.607. The minimum absolute atomic E-state index is 0. The first-order valence-corrected chi connectivity index (χ1v) is 5.51. The van der Waals surface area contributed by atoms with Gasteiger partial charge >= 0.3 is 36.6 Å². The van der Waals surface area contributed by atoms with E-state index in [1.807, 2.05) is 0 Å². The molecule has 0 amide bonds. The van der Waals surface area contributed by atoms with Crippen molar-refractivity contribution in [1.29, 1.82) is 0 Å². The van der Waals surface area contributed by atoms with E-state index in [2.05, 4.69) is 27.7 Å². The molecule has 86 valence electrons. The van der Waals surface area contributed by atoms with Crippen molar-refractivity contribution in [2.75, 3.05) is 0 Å². The largest absolute Gasteiger partial charge is 2.00 e. The Kier molecular flexibility index (Phi) is 33.3. The van der Waals surface area contributed by atoms with Crippen LogP contribution in [0.4, 0.5) is 0 Å². The van der Waals surface area contributed by atoms with E-state index in [1.165, 1.54) is 12.8 Å². The van der Waals surface area contributed by atoms with Crippen LogP contribution in [-0.2, 0) is 36.6 Å². The van der Waals surface area contributed by atoms with Crippen molar-refractivity contribution in [3.05, 3.63) is 13.8 Å². The molecule has 0 aromatic carbocycles. The summed E-state index contributed by atoms with van der Waals surface area (Å²) in [7, 11) is -4.67. The Morgan fingerprint density at radius 3 is 1.07 bits per heavy atom. The molecule has 0 heterocycles. The van der Waals surface area contributed by atoms with Gasteiger partial charge < -0.3 is 13.8 Å². The van der Waals surface area contributed by atoms with Gasteiger partial charge in [0.2, 0.25) is 0 Å². The van der Waals surface area contributed by atoms with Crippen LogP contribution in [-0.4, -0.2) is 17.5 Å². The van der Waals surface area contributed by atoms with Crippen LogP contribution in [0.1, 0.15) is 39.5 Å². The third-order valence-electron chi connectivity index (χ3n) is 0.707. The Morgan fingerprint density at radius 1 is 1.00 bits per heavy atom. The van der Waals surface area contributed by atoms with Crippen LogP contribution >= 0.6 is 0 Å². The summed E-state index contributed by atoms with van der Waals surface area (Å²) < 4.78 is 31.6. The fourth-order valence-electron chi connectivity index (χ4n) is 0. The molecule has 2 N–H and O–H groups in total. The van der Waals surface area contributed by atoms with Crippen LogP contribution in [0.5, 0.6) is 0 Å². The molecular formula is C8H20O4SZr. The molecule has 0 aliphatic heterocycles. The third kappa shape index (κ3) is 232. The van der Waals surface area contributed by atoms with Crippen LogP contribution in [0.3, 0.4) is 0 Å². The zero-order valence-corrected chi connectivity index (χ0v) is 12.1. The second-order valence-corrected chi connectivity index (χ2v) is 3.05. The molecule has 0 atom stereocenters. The summed E-state index contributed by atoms with van der Waals surface area (Å²) in [5, 5.41) is 0. The molecule has 0 fully saturated rings. The van der Waals surface area contributed by atoms with Crippen LogP contribution in [0.2, 0.25) is 0 Å². The van der Waals surface area contributed by atoms with Gasteiger partial charge in [-0.15, -0.1) is 0 Å². The zero-order valence-electron chi connectivity index (χ0n) is 8.86. The van der Waals surface area contributed by atoms with Gasteiger partial charge in [-0.1, -0.05) is 26.7 Å². The summed E-state index contributed by atoms with van der Waals surface area (Å²) in [6.45, 7) is 11.4. The topological polar surface area (TPSA) is 74.6 Å². The molecule has 0 aromatic heterocycles. The van der Waals surface area contributed by atoms with Gasteiger partial charge in [-0.3, -0.25) is 9.11 Å². The van der Waals surface area contributed by atoms with Crippen molar-refractivity contribution in [1.82, 2.24) is 0 Å². The van der Waals surface area contributed by atoms with Gasteiger partial charge in [0.25, 0.3) is 0 Å². The Labute approximate surface area is 107 Å². The monoisotopic (exact) mass is 302 g/mol. The van der Waals surface area contributed by atoms with E-state index in [9.17, 15) is 0 Å². The van der Waals surface area contributed by atoms with Crippen molar-refractivity contribution in [3.8, 4) is 0 Å². The summed E-state index contributed by atoms with van der Waals surface area (Å²) in [5.74, 6) is 0. The summed E-state index contributed by atoms with van der Waals surface area (Å²) >= 11 is 0. The minimum atomic E-state index is -4.67. The second kappa shape index (κ2) is 19.3. The molecule has 0 saturated carbocycles. The van der Waals surface area contributed by atoms with Crippen molar-refractivity contribution in [2.24, 2.45) is 0 Å². The third-order valence-corrected chi connectivity index (χ3v) is 0.707. The fourth-order valence-corrected chi connectivity index (χ4v) is 0. The van der Waals surface area contributed by atoms with E-state index in [-0.39, 0.29) is 26.2 Å². The zero-order chi connectivity index (χ0) is 11.3. The number of unbranched alkanes of at least 4 members (excludes halogenated alkanes) is 2. The van der Waals surface area contributed by atoms with E-state index in [0.29, 0.717) is 0 Å². The molecule has 14 heavy (non-hydrogen) atoms. The van der Waals surface area contributed by atoms with Crippen LogP contribution < -0.4 is 0 Å². The first-order chi connectivity index (χ1) is 5.83. The van der Waals surface area contributed by atoms with Crippen LogP contribution in [0.25, 0.3) is 0 Å². The molecule has 0 aliphatic carbocycles. The molecule has 0 aliphatic rings. The molecule has 0 radical (unpaired) electrons. The van der Waals surface area contributed by atoms with Gasteiger partial charge in [-0.05, 0) is 0 Å². The number of rotatable bonds is 2. The van der Waals surface area contributed by atoms with E-state index >= 15 is 0 Å².